The van der Waals surface area contributed by atoms with E-state index in [1.54, 1.807) is 26.8 Å². The number of carbonyl (C=O) groups excluding carboxylic acids is 1. The Bertz CT molecular complexity index is 966. The largest absolute Gasteiger partial charge is 0.444 e. The van der Waals surface area contributed by atoms with Gasteiger partial charge in [-0.15, -0.1) is 0 Å². The van der Waals surface area contributed by atoms with Crippen LogP contribution in [0.4, 0.5) is 4.79 Å². The lowest BCUT2D eigenvalue weighted by molar-refractivity contribution is -0.135. The average molecular weight is 416 g/mol. The maximum atomic E-state index is 12.2. The predicted octanol–water partition coefficient (Wildman–Crippen LogP) is 5.28. The fourth-order valence-corrected chi connectivity index (χ4v) is 3.31. The molecule has 0 aliphatic rings. The highest BCUT2D eigenvalue weighted by atomic mass is 35.5. The third-order valence-corrected chi connectivity index (χ3v) is 4.66. The number of fused-ring (bicyclic) bond motifs is 1. The van der Waals surface area contributed by atoms with E-state index >= 15 is 0 Å². The molecule has 3 rings (SSSR count). The predicted molar refractivity (Wildman–Crippen MR) is 114 cm³/mol. The van der Waals surface area contributed by atoms with Crippen LogP contribution in [0.15, 0.2) is 54.7 Å². The lowest BCUT2D eigenvalue weighted by atomic mass is 10.0. The first-order valence-corrected chi connectivity index (χ1v) is 9.83. The molecule has 0 fully saturated rings. The summed E-state index contributed by atoms with van der Waals surface area (Å²) < 4.78 is 5.33. The van der Waals surface area contributed by atoms with Gasteiger partial charge in [-0.2, -0.15) is 5.06 Å². The number of H-pyrrole nitrogens is 1. The van der Waals surface area contributed by atoms with E-state index in [-0.39, 0.29) is 6.54 Å². The number of aromatic nitrogens is 1. The van der Waals surface area contributed by atoms with Gasteiger partial charge in [-0.05, 0) is 50.1 Å². The number of amides is 1. The number of hydroxylamine groups is 2. The molecule has 3 N–H and O–H groups in total. The Labute approximate surface area is 175 Å². The molecule has 0 saturated carbocycles. The van der Waals surface area contributed by atoms with Crippen LogP contribution in [0.2, 0.25) is 5.02 Å². The zero-order chi connectivity index (χ0) is 21.0. The average Bonchev–Trinajstić information content (AvgIpc) is 3.04. The number of rotatable bonds is 6. The van der Waals surface area contributed by atoms with Crippen molar-refractivity contribution >= 4 is 28.6 Å². The summed E-state index contributed by atoms with van der Waals surface area (Å²) in [6.07, 6.45) is 1.30. The van der Waals surface area contributed by atoms with Gasteiger partial charge in [-0.1, -0.05) is 41.9 Å². The Kier molecular flexibility index (Phi) is 6.47. The quantitative estimate of drug-likeness (QED) is 0.479. The molecular formula is C22H26ClN3O3. The zero-order valence-electron chi connectivity index (χ0n) is 16.8. The molecule has 1 heterocycles. The number of hydrogen-bond donors (Lipinski definition) is 3. The van der Waals surface area contributed by atoms with Crippen LogP contribution in [0.1, 0.15) is 37.9 Å². The molecule has 0 radical (unpaired) electrons. The van der Waals surface area contributed by atoms with Gasteiger partial charge < -0.3 is 20.2 Å². The Balaban J connectivity index is 1.86. The highest BCUT2D eigenvalue weighted by Gasteiger charge is 2.25. The van der Waals surface area contributed by atoms with Gasteiger partial charge in [-0.3, -0.25) is 0 Å². The maximum absolute atomic E-state index is 12.2. The first-order chi connectivity index (χ1) is 13.7. The van der Waals surface area contributed by atoms with Gasteiger partial charge in [0.15, 0.2) is 0 Å². The van der Waals surface area contributed by atoms with Gasteiger partial charge in [0.05, 0.1) is 6.04 Å². The fraction of sp³-hybridized carbons (Fsp3) is 0.318. The summed E-state index contributed by atoms with van der Waals surface area (Å²) in [6, 6.07) is 14.7. The van der Waals surface area contributed by atoms with Gasteiger partial charge in [0.1, 0.15) is 5.60 Å². The van der Waals surface area contributed by atoms with E-state index in [0.29, 0.717) is 11.6 Å². The summed E-state index contributed by atoms with van der Waals surface area (Å²) in [7, 11) is 0. The van der Waals surface area contributed by atoms with E-state index in [0.717, 1.165) is 22.0 Å². The van der Waals surface area contributed by atoms with Crippen LogP contribution in [0.25, 0.3) is 10.9 Å². The third-order valence-electron chi connectivity index (χ3n) is 4.42. The molecule has 1 aromatic heterocycles. The zero-order valence-corrected chi connectivity index (χ0v) is 17.5. The number of hydrogen-bond acceptors (Lipinski definition) is 4. The standard InChI is InChI=1S/C22H26ClN3O3/c1-22(2,3)29-21(27)25-13-20(26(28)14-15-7-5-4-6-8-15)18-12-24-19-10-9-16(23)11-17(18)19/h4-12,20,24,28H,13-14H2,1-3H3,(H,25,27). The van der Waals surface area contributed by atoms with E-state index in [9.17, 15) is 10.0 Å². The smallest absolute Gasteiger partial charge is 0.407 e. The second-order valence-corrected chi connectivity index (χ2v) is 8.35. The second-order valence-electron chi connectivity index (χ2n) is 7.92. The molecule has 29 heavy (non-hydrogen) atoms. The number of nitrogens with zero attached hydrogens (tertiary/aromatic N) is 1. The van der Waals surface area contributed by atoms with Gasteiger partial charge in [0, 0.05) is 35.2 Å². The van der Waals surface area contributed by atoms with Crippen LogP contribution < -0.4 is 5.32 Å². The third kappa shape index (κ3) is 5.73. The van der Waals surface area contributed by atoms with Crippen LogP contribution in [0.3, 0.4) is 0 Å². The molecule has 1 atom stereocenters. The van der Waals surface area contributed by atoms with Gasteiger partial charge >= 0.3 is 6.09 Å². The van der Waals surface area contributed by atoms with Crippen molar-refractivity contribution in [2.45, 2.75) is 39.0 Å². The fourth-order valence-electron chi connectivity index (χ4n) is 3.14. The van der Waals surface area contributed by atoms with E-state index in [1.165, 1.54) is 5.06 Å². The lowest BCUT2D eigenvalue weighted by Gasteiger charge is -2.27. The molecule has 0 aliphatic carbocycles. The van der Waals surface area contributed by atoms with E-state index in [2.05, 4.69) is 10.3 Å². The number of nitrogens with one attached hydrogen (secondary N) is 2. The Hall–Kier alpha value is -2.54. The Morgan fingerprint density at radius 2 is 1.97 bits per heavy atom. The van der Waals surface area contributed by atoms with E-state index < -0.39 is 17.7 Å². The highest BCUT2D eigenvalue weighted by Crippen LogP contribution is 2.30. The van der Waals surface area contributed by atoms with Crippen LogP contribution in [-0.2, 0) is 11.3 Å². The van der Waals surface area contributed by atoms with Crippen molar-refractivity contribution in [1.29, 1.82) is 0 Å². The molecule has 7 heteroatoms. The first-order valence-electron chi connectivity index (χ1n) is 9.46. The molecule has 3 aromatic rings. The van der Waals surface area contributed by atoms with Crippen LogP contribution in [0.5, 0.6) is 0 Å². The highest BCUT2D eigenvalue weighted by molar-refractivity contribution is 6.31. The molecule has 0 saturated heterocycles. The molecule has 6 nitrogen and oxygen atoms in total. The van der Waals surface area contributed by atoms with Crippen molar-refractivity contribution in [3.05, 3.63) is 70.9 Å². The minimum Gasteiger partial charge on any atom is -0.444 e. The summed E-state index contributed by atoms with van der Waals surface area (Å²) in [5.41, 5.74) is 2.09. The monoisotopic (exact) mass is 415 g/mol. The van der Waals surface area contributed by atoms with Crippen molar-refractivity contribution < 1.29 is 14.7 Å². The molecule has 0 spiro atoms. The van der Waals surface area contributed by atoms with Crippen molar-refractivity contribution in [1.82, 2.24) is 15.4 Å². The molecule has 1 unspecified atom stereocenters. The Morgan fingerprint density at radius 3 is 2.66 bits per heavy atom. The number of carbonyl (C=O) groups is 1. The Morgan fingerprint density at radius 1 is 1.24 bits per heavy atom. The van der Waals surface area contributed by atoms with Gasteiger partial charge in [0.2, 0.25) is 0 Å². The molecular weight excluding hydrogens is 390 g/mol. The second kappa shape index (κ2) is 8.86. The minimum atomic E-state index is -0.600. The van der Waals surface area contributed by atoms with Crippen LogP contribution in [0, 0.1) is 0 Å². The number of halogens is 1. The SMILES string of the molecule is CC(C)(C)OC(=O)NCC(c1c[nH]c2ccc(Cl)cc12)N(O)Cc1ccccc1. The maximum Gasteiger partial charge on any atom is 0.407 e. The molecule has 0 bridgehead atoms. The number of ether oxygens (including phenoxy) is 1. The lowest BCUT2D eigenvalue weighted by Crippen LogP contribution is -2.39. The molecule has 1 amide bonds. The van der Waals surface area contributed by atoms with E-state index in [1.807, 2.05) is 48.7 Å². The van der Waals surface area contributed by atoms with Crippen molar-refractivity contribution in [2.75, 3.05) is 6.54 Å². The van der Waals surface area contributed by atoms with E-state index in [4.69, 9.17) is 16.3 Å². The summed E-state index contributed by atoms with van der Waals surface area (Å²) in [5.74, 6) is 0. The summed E-state index contributed by atoms with van der Waals surface area (Å²) in [5, 5.41) is 16.4. The summed E-state index contributed by atoms with van der Waals surface area (Å²) >= 11 is 6.18. The van der Waals surface area contributed by atoms with Crippen molar-refractivity contribution in [2.24, 2.45) is 0 Å². The minimum absolute atomic E-state index is 0.164. The number of alkyl carbamates (subject to hydrolysis) is 1. The molecule has 154 valence electrons. The van der Waals surface area contributed by atoms with Crippen LogP contribution >= 0.6 is 11.6 Å². The van der Waals surface area contributed by atoms with Crippen LogP contribution in [-0.4, -0.2) is 33.5 Å². The molecule has 2 aromatic carbocycles. The number of benzene rings is 2. The summed E-state index contributed by atoms with van der Waals surface area (Å²) in [6.45, 7) is 5.88. The van der Waals surface area contributed by atoms with Crippen molar-refractivity contribution in [3.8, 4) is 0 Å². The van der Waals surface area contributed by atoms with Gasteiger partial charge in [0.25, 0.3) is 0 Å². The normalized spacial score (nSPS) is 12.9. The summed E-state index contributed by atoms with van der Waals surface area (Å²) in [4.78, 5) is 15.4. The number of aromatic amines is 1. The first kappa shape index (κ1) is 21.2. The van der Waals surface area contributed by atoms with Crippen molar-refractivity contribution in [3.63, 3.8) is 0 Å². The molecule has 0 aliphatic heterocycles. The topological polar surface area (TPSA) is 77.6 Å². The van der Waals surface area contributed by atoms with Gasteiger partial charge in [-0.25, -0.2) is 4.79 Å².